The van der Waals surface area contributed by atoms with E-state index in [0.29, 0.717) is 23.7 Å². The lowest BCUT2D eigenvalue weighted by Crippen LogP contribution is -2.32. The van der Waals surface area contributed by atoms with Gasteiger partial charge in [-0.3, -0.25) is 4.79 Å². The molecule has 52 heavy (non-hydrogen) atoms. The number of benzene rings is 3. The number of fused-ring (bicyclic) bond motifs is 1. The van der Waals surface area contributed by atoms with Crippen molar-refractivity contribution >= 4 is 52.3 Å². The summed E-state index contributed by atoms with van der Waals surface area (Å²) in [6, 6.07) is 20.0. The standard InChI is InChI=1S/C40H45ClFN3O7/c1-39(2,3)51-36(47)34-33(28-18-13-14-20-32(28)45(34)38(49)52-40(4,5)6)29(35(46)44-27-21-22-31(42)30(41)24-27)19-12-7-8-15-23-43-37(48)50-25-26-16-10-9-11-17-26/h8-11,13-18,20-22,24,29H,7,12,19,23,25H2,1-6H3,(H,43,48)(H,44,46)/b15-8+. The highest BCUT2D eigenvalue weighted by atomic mass is 35.5. The molecular formula is C40H45ClFN3O7. The van der Waals surface area contributed by atoms with Crippen LogP contribution in [0.5, 0.6) is 0 Å². The van der Waals surface area contributed by atoms with Crippen molar-refractivity contribution in [2.75, 3.05) is 11.9 Å². The highest BCUT2D eigenvalue weighted by Crippen LogP contribution is 2.38. The van der Waals surface area contributed by atoms with Crippen LogP contribution in [0.4, 0.5) is 19.7 Å². The van der Waals surface area contributed by atoms with Crippen LogP contribution in [0.25, 0.3) is 10.9 Å². The molecule has 0 aliphatic rings. The van der Waals surface area contributed by atoms with Crippen LogP contribution in [0, 0.1) is 5.82 Å². The number of hydrogen-bond donors (Lipinski definition) is 2. The second-order valence-electron chi connectivity index (χ2n) is 14.1. The van der Waals surface area contributed by atoms with E-state index in [1.165, 1.54) is 16.7 Å². The van der Waals surface area contributed by atoms with Gasteiger partial charge in [-0.25, -0.2) is 23.3 Å². The fourth-order valence-corrected chi connectivity index (χ4v) is 5.59. The average molecular weight is 734 g/mol. The van der Waals surface area contributed by atoms with Crippen molar-refractivity contribution in [3.63, 3.8) is 0 Å². The normalized spacial score (nSPS) is 12.4. The first-order chi connectivity index (χ1) is 24.5. The van der Waals surface area contributed by atoms with E-state index in [4.69, 9.17) is 25.8 Å². The number of carbonyl (C=O) groups is 4. The van der Waals surface area contributed by atoms with Crippen LogP contribution in [-0.2, 0) is 25.6 Å². The number of allylic oxidation sites excluding steroid dienone is 1. The summed E-state index contributed by atoms with van der Waals surface area (Å²) in [4.78, 5) is 54.2. The summed E-state index contributed by atoms with van der Waals surface area (Å²) >= 11 is 6.02. The number of unbranched alkanes of at least 4 members (excludes halogenated alkanes) is 1. The minimum Gasteiger partial charge on any atom is -0.455 e. The van der Waals surface area contributed by atoms with E-state index in [1.54, 1.807) is 71.9 Å². The van der Waals surface area contributed by atoms with Crippen molar-refractivity contribution < 1.29 is 37.8 Å². The zero-order chi connectivity index (χ0) is 38.1. The fraction of sp³-hybridized carbons (Fsp3) is 0.350. The van der Waals surface area contributed by atoms with Crippen molar-refractivity contribution in [1.82, 2.24) is 9.88 Å². The Morgan fingerprint density at radius 3 is 2.23 bits per heavy atom. The van der Waals surface area contributed by atoms with Gasteiger partial charge >= 0.3 is 18.2 Å². The Morgan fingerprint density at radius 2 is 1.56 bits per heavy atom. The van der Waals surface area contributed by atoms with Gasteiger partial charge in [0.2, 0.25) is 5.91 Å². The highest BCUT2D eigenvalue weighted by molar-refractivity contribution is 6.31. The van der Waals surface area contributed by atoms with E-state index in [9.17, 15) is 23.6 Å². The number of nitrogens with one attached hydrogen (secondary N) is 2. The summed E-state index contributed by atoms with van der Waals surface area (Å²) in [7, 11) is 0. The first-order valence-electron chi connectivity index (χ1n) is 17.0. The van der Waals surface area contributed by atoms with Gasteiger partial charge in [-0.2, -0.15) is 0 Å². The zero-order valence-electron chi connectivity index (χ0n) is 30.3. The number of anilines is 1. The van der Waals surface area contributed by atoms with Gasteiger partial charge in [0.25, 0.3) is 0 Å². The van der Waals surface area contributed by atoms with E-state index >= 15 is 0 Å². The third-order valence-electron chi connectivity index (χ3n) is 7.54. The van der Waals surface area contributed by atoms with Gasteiger partial charge < -0.3 is 24.8 Å². The molecule has 0 aliphatic heterocycles. The van der Waals surface area contributed by atoms with Crippen molar-refractivity contribution in [3.8, 4) is 0 Å². The predicted octanol–water partition coefficient (Wildman–Crippen LogP) is 9.55. The number of hydrogen-bond acceptors (Lipinski definition) is 7. The Kier molecular flexibility index (Phi) is 13.2. The highest BCUT2D eigenvalue weighted by Gasteiger charge is 2.37. The summed E-state index contributed by atoms with van der Waals surface area (Å²) in [5.41, 5.74) is -0.185. The number of halogens is 2. The van der Waals surface area contributed by atoms with Crippen LogP contribution in [0.15, 0.2) is 84.9 Å². The quantitative estimate of drug-likeness (QED) is 0.0643. The molecule has 1 unspecified atom stereocenters. The van der Waals surface area contributed by atoms with Crippen LogP contribution in [0.2, 0.25) is 5.02 Å². The molecule has 3 aromatic carbocycles. The lowest BCUT2D eigenvalue weighted by molar-refractivity contribution is -0.117. The molecule has 4 aromatic rings. The summed E-state index contributed by atoms with van der Waals surface area (Å²) in [6.07, 6.45) is 3.50. The van der Waals surface area contributed by atoms with Gasteiger partial charge in [-0.05, 0) is 90.6 Å². The van der Waals surface area contributed by atoms with Crippen LogP contribution >= 0.6 is 11.6 Å². The molecule has 1 aromatic heterocycles. The van der Waals surface area contributed by atoms with Crippen molar-refractivity contribution in [2.24, 2.45) is 0 Å². The number of rotatable bonds is 12. The van der Waals surface area contributed by atoms with Crippen molar-refractivity contribution in [1.29, 1.82) is 0 Å². The maximum atomic E-state index is 14.2. The van der Waals surface area contributed by atoms with Gasteiger partial charge in [0.15, 0.2) is 0 Å². The Balaban J connectivity index is 1.64. The minimum atomic E-state index is -0.987. The van der Waals surface area contributed by atoms with Gasteiger partial charge in [0.1, 0.15) is 29.3 Å². The largest absolute Gasteiger partial charge is 0.455 e. The van der Waals surface area contributed by atoms with E-state index in [1.807, 2.05) is 36.4 Å². The van der Waals surface area contributed by atoms with E-state index in [0.717, 1.165) is 11.6 Å². The third kappa shape index (κ3) is 11.2. The predicted molar refractivity (Wildman–Crippen MR) is 199 cm³/mol. The van der Waals surface area contributed by atoms with Gasteiger partial charge in [-0.1, -0.05) is 72.3 Å². The molecule has 4 rings (SSSR count). The monoisotopic (exact) mass is 733 g/mol. The summed E-state index contributed by atoms with van der Waals surface area (Å²) < 4.78 is 31.9. The zero-order valence-corrected chi connectivity index (χ0v) is 31.0. The number of carbonyl (C=O) groups excluding carboxylic acids is 4. The number of nitrogens with zero attached hydrogens (tertiary/aromatic N) is 1. The Morgan fingerprint density at radius 1 is 0.885 bits per heavy atom. The number of esters is 1. The van der Waals surface area contributed by atoms with E-state index < -0.39 is 47.0 Å². The van der Waals surface area contributed by atoms with Crippen LogP contribution < -0.4 is 10.6 Å². The van der Waals surface area contributed by atoms with Gasteiger partial charge in [-0.15, -0.1) is 0 Å². The Bertz CT molecular complexity index is 1930. The third-order valence-corrected chi connectivity index (χ3v) is 7.83. The topological polar surface area (TPSA) is 125 Å². The van der Waals surface area contributed by atoms with Crippen LogP contribution in [0.3, 0.4) is 0 Å². The molecule has 0 aliphatic carbocycles. The smallest absolute Gasteiger partial charge is 0.419 e. The Labute approximate surface area is 308 Å². The van der Waals surface area contributed by atoms with Gasteiger partial charge in [0, 0.05) is 23.2 Å². The second kappa shape index (κ2) is 17.4. The Hall–Kier alpha value is -5.16. The molecular weight excluding hydrogens is 689 g/mol. The number of ether oxygens (including phenoxy) is 3. The molecule has 0 spiro atoms. The molecule has 1 heterocycles. The fourth-order valence-electron chi connectivity index (χ4n) is 5.41. The van der Waals surface area contributed by atoms with Crippen LogP contribution in [0.1, 0.15) is 88.3 Å². The average Bonchev–Trinajstić information content (AvgIpc) is 3.41. The number of para-hydroxylation sites is 1. The molecule has 0 saturated heterocycles. The van der Waals surface area contributed by atoms with Gasteiger partial charge in [0.05, 0.1) is 16.5 Å². The SMILES string of the molecule is CC(C)(C)OC(=O)c1c(C(CCC/C=C/CNC(=O)OCc2ccccc2)C(=O)Nc2ccc(F)c(Cl)c2)c2ccccc2n1C(=O)OC(C)(C)C. The van der Waals surface area contributed by atoms with E-state index in [-0.39, 0.29) is 41.5 Å². The molecule has 12 heteroatoms. The molecule has 2 amide bonds. The maximum Gasteiger partial charge on any atom is 0.419 e. The van der Waals surface area contributed by atoms with Crippen molar-refractivity contribution in [3.05, 3.63) is 113 Å². The molecule has 1 atom stereocenters. The lowest BCUT2D eigenvalue weighted by Gasteiger charge is -2.24. The second-order valence-corrected chi connectivity index (χ2v) is 14.5. The maximum absolute atomic E-state index is 14.2. The minimum absolute atomic E-state index is 0.128. The van der Waals surface area contributed by atoms with Crippen molar-refractivity contribution in [2.45, 2.75) is 84.5 Å². The number of aromatic nitrogens is 1. The summed E-state index contributed by atoms with van der Waals surface area (Å²) in [5, 5.41) is 5.80. The first kappa shape index (κ1) is 39.6. The van der Waals surface area contributed by atoms with E-state index in [2.05, 4.69) is 10.6 Å². The molecule has 0 fully saturated rings. The number of alkyl carbamates (subject to hydrolysis) is 1. The number of amides is 2. The molecule has 0 bridgehead atoms. The molecule has 0 radical (unpaired) electrons. The molecule has 0 saturated carbocycles. The molecule has 276 valence electrons. The lowest BCUT2D eigenvalue weighted by atomic mass is 9.89. The summed E-state index contributed by atoms with van der Waals surface area (Å²) in [5.74, 6) is -2.95. The van der Waals surface area contributed by atoms with Crippen LogP contribution in [-0.4, -0.2) is 46.4 Å². The molecule has 10 nitrogen and oxygen atoms in total. The first-order valence-corrected chi connectivity index (χ1v) is 17.4. The summed E-state index contributed by atoms with van der Waals surface area (Å²) in [6.45, 7) is 10.6. The molecule has 2 N–H and O–H groups in total.